The summed E-state index contributed by atoms with van der Waals surface area (Å²) >= 11 is 3.15. The van der Waals surface area contributed by atoms with Gasteiger partial charge in [0.1, 0.15) is 6.26 Å². The van der Waals surface area contributed by atoms with Crippen molar-refractivity contribution in [3.05, 3.63) is 22.6 Å². The van der Waals surface area contributed by atoms with Crippen LogP contribution in [0.3, 0.4) is 0 Å². The van der Waals surface area contributed by atoms with Gasteiger partial charge in [0.2, 0.25) is 0 Å². The molecule has 0 saturated carbocycles. The van der Waals surface area contributed by atoms with Gasteiger partial charge in [-0.15, -0.1) is 0 Å². The minimum Gasteiger partial charge on any atom is -0.457 e. The second-order valence-electron chi connectivity index (χ2n) is 3.48. The summed E-state index contributed by atoms with van der Waals surface area (Å²) in [5.74, 6) is -0.125. The van der Waals surface area contributed by atoms with E-state index in [2.05, 4.69) is 21.2 Å². The Morgan fingerprint density at radius 1 is 1.67 bits per heavy atom. The number of hydrogen-bond acceptors (Lipinski definition) is 3. The van der Waals surface area contributed by atoms with Crippen molar-refractivity contribution >= 4 is 21.8 Å². The average molecular weight is 274 g/mol. The monoisotopic (exact) mass is 273 g/mol. The van der Waals surface area contributed by atoms with E-state index in [-0.39, 0.29) is 12.0 Å². The molecule has 0 bridgehead atoms. The van der Waals surface area contributed by atoms with Gasteiger partial charge in [-0.3, -0.25) is 4.79 Å². The van der Waals surface area contributed by atoms with Crippen molar-refractivity contribution in [2.45, 2.75) is 18.9 Å². The maximum Gasteiger partial charge on any atom is 0.254 e. The molecule has 1 N–H and O–H groups in total. The molecule has 1 aliphatic rings. The SMILES string of the molecule is O=C(NCC1CCCO1)c1coc(Br)c1. The first-order valence-electron chi connectivity index (χ1n) is 4.89. The van der Waals surface area contributed by atoms with E-state index < -0.39 is 0 Å². The van der Waals surface area contributed by atoms with Gasteiger partial charge in [0.05, 0.1) is 11.7 Å². The van der Waals surface area contributed by atoms with Crippen molar-refractivity contribution in [3.8, 4) is 0 Å². The van der Waals surface area contributed by atoms with E-state index in [1.807, 2.05) is 0 Å². The summed E-state index contributed by atoms with van der Waals surface area (Å²) in [6.07, 6.45) is 3.70. The fraction of sp³-hybridized carbons (Fsp3) is 0.500. The lowest BCUT2D eigenvalue weighted by Gasteiger charge is -2.09. The van der Waals surface area contributed by atoms with E-state index >= 15 is 0 Å². The topological polar surface area (TPSA) is 51.5 Å². The van der Waals surface area contributed by atoms with Crippen LogP contribution in [0.1, 0.15) is 23.2 Å². The van der Waals surface area contributed by atoms with Crippen LogP contribution in [0.2, 0.25) is 0 Å². The molecule has 0 radical (unpaired) electrons. The van der Waals surface area contributed by atoms with Crippen molar-refractivity contribution < 1.29 is 13.9 Å². The molecule has 1 saturated heterocycles. The molecule has 1 fully saturated rings. The lowest BCUT2D eigenvalue weighted by atomic mass is 10.2. The molecule has 1 aliphatic heterocycles. The summed E-state index contributed by atoms with van der Waals surface area (Å²) in [5, 5.41) is 2.81. The minimum absolute atomic E-state index is 0.125. The Kier molecular flexibility index (Phi) is 3.43. The van der Waals surface area contributed by atoms with Crippen LogP contribution in [0.4, 0.5) is 0 Å². The Morgan fingerprint density at radius 3 is 3.13 bits per heavy atom. The highest BCUT2D eigenvalue weighted by atomic mass is 79.9. The maximum atomic E-state index is 11.6. The molecule has 1 atom stereocenters. The van der Waals surface area contributed by atoms with Crippen LogP contribution in [0.5, 0.6) is 0 Å². The van der Waals surface area contributed by atoms with E-state index in [0.29, 0.717) is 16.8 Å². The second-order valence-corrected chi connectivity index (χ2v) is 4.27. The van der Waals surface area contributed by atoms with Crippen LogP contribution in [0.25, 0.3) is 0 Å². The quantitative estimate of drug-likeness (QED) is 0.916. The third-order valence-electron chi connectivity index (χ3n) is 2.34. The van der Waals surface area contributed by atoms with Gasteiger partial charge in [0, 0.05) is 19.2 Å². The Labute approximate surface area is 96.1 Å². The van der Waals surface area contributed by atoms with E-state index in [1.54, 1.807) is 6.07 Å². The van der Waals surface area contributed by atoms with Gasteiger partial charge >= 0.3 is 0 Å². The molecule has 1 aromatic rings. The van der Waals surface area contributed by atoms with Crippen molar-refractivity contribution in [3.63, 3.8) is 0 Å². The van der Waals surface area contributed by atoms with E-state index in [9.17, 15) is 4.79 Å². The van der Waals surface area contributed by atoms with Crippen LogP contribution in [-0.2, 0) is 4.74 Å². The standard InChI is InChI=1S/C10H12BrNO3/c11-9-4-7(6-15-9)10(13)12-5-8-2-1-3-14-8/h4,6,8H,1-3,5H2,(H,12,13). The number of ether oxygens (including phenoxy) is 1. The van der Waals surface area contributed by atoms with Gasteiger partial charge < -0.3 is 14.5 Å². The average Bonchev–Trinajstić information content (AvgIpc) is 2.84. The minimum atomic E-state index is -0.125. The molecular weight excluding hydrogens is 262 g/mol. The molecule has 5 heteroatoms. The predicted molar refractivity (Wildman–Crippen MR) is 57.7 cm³/mol. The van der Waals surface area contributed by atoms with E-state index in [4.69, 9.17) is 9.15 Å². The fourth-order valence-electron chi connectivity index (χ4n) is 1.54. The first-order valence-corrected chi connectivity index (χ1v) is 5.69. The van der Waals surface area contributed by atoms with Crippen LogP contribution in [-0.4, -0.2) is 25.2 Å². The summed E-state index contributed by atoms with van der Waals surface area (Å²) in [7, 11) is 0. The van der Waals surface area contributed by atoms with Crippen LogP contribution >= 0.6 is 15.9 Å². The summed E-state index contributed by atoms with van der Waals surface area (Å²) in [5.41, 5.74) is 0.528. The number of hydrogen-bond donors (Lipinski definition) is 1. The third kappa shape index (κ3) is 2.82. The number of carbonyl (C=O) groups is 1. The lowest BCUT2D eigenvalue weighted by Crippen LogP contribution is -2.31. The number of rotatable bonds is 3. The summed E-state index contributed by atoms with van der Waals surface area (Å²) in [6.45, 7) is 1.37. The molecular formula is C10H12BrNO3. The van der Waals surface area contributed by atoms with Gasteiger partial charge in [0.25, 0.3) is 5.91 Å². The zero-order valence-corrected chi connectivity index (χ0v) is 9.75. The Bertz CT molecular complexity index is 344. The number of furan rings is 1. The molecule has 2 heterocycles. The Morgan fingerprint density at radius 2 is 2.53 bits per heavy atom. The van der Waals surface area contributed by atoms with Gasteiger partial charge in [-0.25, -0.2) is 0 Å². The molecule has 0 aliphatic carbocycles. The zero-order valence-electron chi connectivity index (χ0n) is 8.16. The number of carbonyl (C=O) groups excluding carboxylic acids is 1. The van der Waals surface area contributed by atoms with E-state index in [0.717, 1.165) is 19.4 Å². The van der Waals surface area contributed by atoms with Crippen molar-refractivity contribution in [2.24, 2.45) is 0 Å². The molecule has 15 heavy (non-hydrogen) atoms. The zero-order chi connectivity index (χ0) is 10.7. The summed E-state index contributed by atoms with van der Waals surface area (Å²) < 4.78 is 10.9. The molecule has 2 rings (SSSR count). The Hall–Kier alpha value is -0.810. The fourth-order valence-corrected chi connectivity index (χ4v) is 1.88. The highest BCUT2D eigenvalue weighted by Crippen LogP contribution is 2.14. The molecule has 82 valence electrons. The molecule has 1 amide bonds. The molecule has 0 spiro atoms. The predicted octanol–water partition coefficient (Wildman–Crippen LogP) is 1.95. The third-order valence-corrected chi connectivity index (χ3v) is 2.76. The van der Waals surface area contributed by atoms with Gasteiger partial charge in [-0.1, -0.05) is 0 Å². The number of nitrogens with one attached hydrogen (secondary N) is 1. The molecule has 1 unspecified atom stereocenters. The summed E-state index contributed by atoms with van der Waals surface area (Å²) in [4.78, 5) is 11.6. The highest BCUT2D eigenvalue weighted by molar-refractivity contribution is 9.10. The largest absolute Gasteiger partial charge is 0.457 e. The normalized spacial score (nSPS) is 20.5. The van der Waals surface area contributed by atoms with Crippen molar-refractivity contribution in [1.82, 2.24) is 5.32 Å². The maximum absolute atomic E-state index is 11.6. The highest BCUT2D eigenvalue weighted by Gasteiger charge is 2.17. The molecule has 4 nitrogen and oxygen atoms in total. The second kappa shape index (κ2) is 4.81. The summed E-state index contributed by atoms with van der Waals surface area (Å²) in [6, 6.07) is 1.64. The first-order chi connectivity index (χ1) is 7.25. The number of amides is 1. The van der Waals surface area contributed by atoms with Gasteiger partial charge in [0.15, 0.2) is 4.67 Å². The van der Waals surface area contributed by atoms with Crippen LogP contribution < -0.4 is 5.32 Å². The first kappa shape index (κ1) is 10.7. The lowest BCUT2D eigenvalue weighted by molar-refractivity contribution is 0.0857. The van der Waals surface area contributed by atoms with Crippen LogP contribution in [0.15, 0.2) is 21.4 Å². The number of halogens is 1. The van der Waals surface area contributed by atoms with E-state index in [1.165, 1.54) is 6.26 Å². The van der Waals surface area contributed by atoms with Crippen LogP contribution in [0, 0.1) is 0 Å². The molecule has 0 aromatic carbocycles. The Balaban J connectivity index is 1.81. The van der Waals surface area contributed by atoms with Gasteiger partial charge in [-0.2, -0.15) is 0 Å². The van der Waals surface area contributed by atoms with Crippen molar-refractivity contribution in [1.29, 1.82) is 0 Å². The molecule has 1 aromatic heterocycles. The van der Waals surface area contributed by atoms with Crippen molar-refractivity contribution in [2.75, 3.05) is 13.2 Å². The van der Waals surface area contributed by atoms with Gasteiger partial charge in [-0.05, 0) is 28.8 Å². The smallest absolute Gasteiger partial charge is 0.254 e.